The highest BCUT2D eigenvalue weighted by molar-refractivity contribution is 6.05. The second-order valence-electron chi connectivity index (χ2n) is 3.80. The van der Waals surface area contributed by atoms with Crippen molar-refractivity contribution in [2.24, 2.45) is 7.05 Å². The van der Waals surface area contributed by atoms with Crippen molar-refractivity contribution in [1.82, 2.24) is 9.55 Å². The molecular formula is C13H10N2O. The van der Waals surface area contributed by atoms with Gasteiger partial charge in [0.25, 0.3) is 5.56 Å². The summed E-state index contributed by atoms with van der Waals surface area (Å²) in [5.74, 6) is 0. The van der Waals surface area contributed by atoms with E-state index in [-0.39, 0.29) is 5.56 Å². The van der Waals surface area contributed by atoms with Gasteiger partial charge in [0.2, 0.25) is 0 Å². The number of hydrogen-bond acceptors (Lipinski definition) is 2. The van der Waals surface area contributed by atoms with Gasteiger partial charge < -0.3 is 4.57 Å². The monoisotopic (exact) mass is 210 g/mol. The minimum Gasteiger partial charge on any atom is -0.311 e. The SMILES string of the molecule is Cn1c(=O)c2cnccc2c2ccccc21. The van der Waals surface area contributed by atoms with Crippen LogP contribution in [0, 0.1) is 0 Å². The summed E-state index contributed by atoms with van der Waals surface area (Å²) in [7, 11) is 1.79. The summed E-state index contributed by atoms with van der Waals surface area (Å²) in [6.07, 6.45) is 3.35. The van der Waals surface area contributed by atoms with Crippen LogP contribution in [0.25, 0.3) is 21.7 Å². The Morgan fingerprint density at radius 2 is 1.88 bits per heavy atom. The molecule has 0 saturated carbocycles. The molecule has 3 aromatic rings. The molecule has 0 amide bonds. The molecular weight excluding hydrogens is 200 g/mol. The van der Waals surface area contributed by atoms with Gasteiger partial charge in [0.05, 0.1) is 10.9 Å². The van der Waals surface area contributed by atoms with E-state index in [1.165, 1.54) is 0 Å². The minimum atomic E-state index is 0.00167. The van der Waals surface area contributed by atoms with Crippen molar-refractivity contribution >= 4 is 21.7 Å². The first kappa shape index (κ1) is 9.09. The Balaban J connectivity index is 2.74. The van der Waals surface area contributed by atoms with Gasteiger partial charge in [-0.15, -0.1) is 0 Å². The van der Waals surface area contributed by atoms with Crippen molar-refractivity contribution in [1.29, 1.82) is 0 Å². The third-order valence-electron chi connectivity index (χ3n) is 2.91. The van der Waals surface area contributed by atoms with E-state index < -0.39 is 0 Å². The largest absolute Gasteiger partial charge is 0.311 e. The molecule has 0 unspecified atom stereocenters. The first-order valence-electron chi connectivity index (χ1n) is 5.10. The number of aromatic nitrogens is 2. The van der Waals surface area contributed by atoms with Gasteiger partial charge in [-0.05, 0) is 17.5 Å². The third-order valence-corrected chi connectivity index (χ3v) is 2.91. The number of aryl methyl sites for hydroxylation is 1. The standard InChI is InChI=1S/C13H10N2O/c1-15-12-5-3-2-4-10(12)9-6-7-14-8-11(9)13(15)16/h2-8H,1H3. The Hall–Kier alpha value is -2.16. The number of fused-ring (bicyclic) bond motifs is 3. The van der Waals surface area contributed by atoms with Crippen LogP contribution in [0.4, 0.5) is 0 Å². The predicted molar refractivity (Wildman–Crippen MR) is 64.5 cm³/mol. The van der Waals surface area contributed by atoms with Crippen LogP contribution in [-0.2, 0) is 7.05 Å². The second kappa shape index (κ2) is 3.17. The van der Waals surface area contributed by atoms with Crippen molar-refractivity contribution in [3.05, 3.63) is 53.1 Å². The molecule has 2 aromatic heterocycles. The van der Waals surface area contributed by atoms with E-state index in [1.54, 1.807) is 24.0 Å². The fraction of sp³-hybridized carbons (Fsp3) is 0.0769. The van der Waals surface area contributed by atoms with Crippen LogP contribution in [0.1, 0.15) is 0 Å². The van der Waals surface area contributed by atoms with E-state index in [0.717, 1.165) is 16.3 Å². The van der Waals surface area contributed by atoms with Crippen molar-refractivity contribution in [3.8, 4) is 0 Å². The lowest BCUT2D eigenvalue weighted by Crippen LogP contribution is -2.17. The van der Waals surface area contributed by atoms with Crippen LogP contribution in [0.3, 0.4) is 0 Å². The van der Waals surface area contributed by atoms with Crippen LogP contribution in [0.2, 0.25) is 0 Å². The second-order valence-corrected chi connectivity index (χ2v) is 3.80. The number of benzene rings is 1. The Morgan fingerprint density at radius 3 is 2.75 bits per heavy atom. The van der Waals surface area contributed by atoms with Crippen LogP contribution in [-0.4, -0.2) is 9.55 Å². The fourth-order valence-electron chi connectivity index (χ4n) is 2.08. The summed E-state index contributed by atoms with van der Waals surface area (Å²) < 4.78 is 1.67. The smallest absolute Gasteiger partial charge is 0.260 e. The van der Waals surface area contributed by atoms with E-state index in [4.69, 9.17) is 0 Å². The normalized spacial score (nSPS) is 11.1. The highest BCUT2D eigenvalue weighted by Gasteiger charge is 2.06. The van der Waals surface area contributed by atoms with Crippen LogP contribution < -0.4 is 5.56 Å². The number of nitrogens with zero attached hydrogens (tertiary/aromatic N) is 2. The number of rotatable bonds is 0. The summed E-state index contributed by atoms with van der Waals surface area (Å²) in [5.41, 5.74) is 0.952. The summed E-state index contributed by atoms with van der Waals surface area (Å²) >= 11 is 0. The molecule has 0 spiro atoms. The first-order valence-corrected chi connectivity index (χ1v) is 5.10. The molecule has 0 atom stereocenters. The van der Waals surface area contributed by atoms with Gasteiger partial charge in [-0.3, -0.25) is 9.78 Å². The molecule has 0 saturated heterocycles. The first-order chi connectivity index (χ1) is 7.79. The van der Waals surface area contributed by atoms with Gasteiger partial charge in [0.15, 0.2) is 0 Å². The molecule has 0 bridgehead atoms. The zero-order valence-electron chi connectivity index (χ0n) is 8.84. The Morgan fingerprint density at radius 1 is 1.06 bits per heavy atom. The zero-order valence-corrected chi connectivity index (χ0v) is 8.84. The molecule has 16 heavy (non-hydrogen) atoms. The fourth-order valence-corrected chi connectivity index (χ4v) is 2.08. The molecule has 0 N–H and O–H groups in total. The Kier molecular flexibility index (Phi) is 1.80. The molecule has 3 nitrogen and oxygen atoms in total. The minimum absolute atomic E-state index is 0.00167. The van der Waals surface area contributed by atoms with Crippen molar-refractivity contribution in [3.63, 3.8) is 0 Å². The average molecular weight is 210 g/mol. The molecule has 3 heteroatoms. The molecule has 0 aliphatic carbocycles. The molecule has 0 aliphatic heterocycles. The van der Waals surface area contributed by atoms with Crippen molar-refractivity contribution in [2.75, 3.05) is 0 Å². The number of pyridine rings is 2. The number of hydrogen-bond donors (Lipinski definition) is 0. The zero-order chi connectivity index (χ0) is 11.1. The average Bonchev–Trinajstić information content (AvgIpc) is 2.36. The lowest BCUT2D eigenvalue weighted by Gasteiger charge is -2.07. The van der Waals surface area contributed by atoms with Gasteiger partial charge >= 0.3 is 0 Å². The van der Waals surface area contributed by atoms with Gasteiger partial charge in [-0.25, -0.2) is 0 Å². The lowest BCUT2D eigenvalue weighted by molar-refractivity contribution is 0.917. The Labute approximate surface area is 92.0 Å². The summed E-state index contributed by atoms with van der Waals surface area (Å²) in [6, 6.07) is 9.79. The number of para-hydroxylation sites is 1. The van der Waals surface area contributed by atoms with Crippen molar-refractivity contribution < 1.29 is 0 Å². The summed E-state index contributed by atoms with van der Waals surface area (Å²) in [5, 5.41) is 2.72. The van der Waals surface area contributed by atoms with E-state index in [1.807, 2.05) is 30.3 Å². The highest BCUT2D eigenvalue weighted by atomic mass is 16.1. The van der Waals surface area contributed by atoms with E-state index in [0.29, 0.717) is 5.39 Å². The molecule has 78 valence electrons. The quantitative estimate of drug-likeness (QED) is 0.532. The summed E-state index contributed by atoms with van der Waals surface area (Å²) in [6.45, 7) is 0. The lowest BCUT2D eigenvalue weighted by atomic mass is 10.1. The maximum Gasteiger partial charge on any atom is 0.260 e. The van der Waals surface area contributed by atoms with Crippen LogP contribution in [0.15, 0.2) is 47.5 Å². The van der Waals surface area contributed by atoms with Gasteiger partial charge in [-0.1, -0.05) is 18.2 Å². The molecule has 0 fully saturated rings. The van der Waals surface area contributed by atoms with Gasteiger partial charge in [0, 0.05) is 24.8 Å². The Bertz CT molecular complexity index is 744. The molecule has 1 aromatic carbocycles. The molecule has 3 rings (SSSR count). The molecule has 2 heterocycles. The van der Waals surface area contributed by atoms with Crippen molar-refractivity contribution in [2.45, 2.75) is 0 Å². The third kappa shape index (κ3) is 1.08. The van der Waals surface area contributed by atoms with Crippen LogP contribution >= 0.6 is 0 Å². The summed E-state index contributed by atoms with van der Waals surface area (Å²) in [4.78, 5) is 16.1. The maximum atomic E-state index is 12.1. The van der Waals surface area contributed by atoms with Gasteiger partial charge in [0.1, 0.15) is 0 Å². The highest BCUT2D eigenvalue weighted by Crippen LogP contribution is 2.20. The predicted octanol–water partition coefficient (Wildman–Crippen LogP) is 2.09. The molecule has 0 radical (unpaired) electrons. The topological polar surface area (TPSA) is 34.9 Å². The van der Waals surface area contributed by atoms with E-state index in [2.05, 4.69) is 4.98 Å². The van der Waals surface area contributed by atoms with Gasteiger partial charge in [-0.2, -0.15) is 0 Å². The van der Waals surface area contributed by atoms with Crippen LogP contribution in [0.5, 0.6) is 0 Å². The van der Waals surface area contributed by atoms with E-state index in [9.17, 15) is 4.79 Å². The molecule has 0 aliphatic rings. The maximum absolute atomic E-state index is 12.1. The van der Waals surface area contributed by atoms with E-state index >= 15 is 0 Å².